The highest BCUT2D eigenvalue weighted by atomic mass is 16.3. The molecule has 1 saturated carbocycles. The standard InChI is InChI=1S/C16H20N4O2/c21-15-8-4-7-13(15)9-17-16(22)14-11-20(19-18-14)10-12-5-2-1-3-6-12/h1-3,5-6,11,13,15,21H,4,7-10H2,(H,17,22)/t13-,15-/m0/s1. The highest BCUT2D eigenvalue weighted by Gasteiger charge is 2.25. The molecular weight excluding hydrogens is 280 g/mol. The monoisotopic (exact) mass is 300 g/mol. The Morgan fingerprint density at radius 2 is 2.14 bits per heavy atom. The molecule has 0 saturated heterocycles. The van der Waals surface area contributed by atoms with E-state index in [4.69, 9.17) is 0 Å². The van der Waals surface area contributed by atoms with E-state index in [2.05, 4.69) is 15.6 Å². The molecule has 1 aliphatic rings. The first-order chi connectivity index (χ1) is 10.7. The Kier molecular flexibility index (Phi) is 4.48. The zero-order valence-corrected chi connectivity index (χ0v) is 12.4. The molecule has 1 amide bonds. The van der Waals surface area contributed by atoms with E-state index in [1.165, 1.54) is 0 Å². The lowest BCUT2D eigenvalue weighted by molar-refractivity contribution is 0.0912. The quantitative estimate of drug-likeness (QED) is 0.870. The zero-order valence-electron chi connectivity index (χ0n) is 12.4. The van der Waals surface area contributed by atoms with E-state index in [9.17, 15) is 9.90 Å². The van der Waals surface area contributed by atoms with Crippen molar-refractivity contribution in [3.63, 3.8) is 0 Å². The number of aliphatic hydroxyl groups excluding tert-OH is 1. The third-order valence-electron chi connectivity index (χ3n) is 4.10. The van der Waals surface area contributed by atoms with Crippen molar-refractivity contribution in [2.45, 2.75) is 31.9 Å². The fourth-order valence-electron chi connectivity index (χ4n) is 2.82. The van der Waals surface area contributed by atoms with Gasteiger partial charge in [-0.2, -0.15) is 0 Å². The van der Waals surface area contributed by atoms with Crippen LogP contribution in [-0.4, -0.2) is 38.7 Å². The molecule has 0 radical (unpaired) electrons. The minimum Gasteiger partial charge on any atom is -0.393 e. The number of nitrogens with zero attached hydrogens (tertiary/aromatic N) is 3. The molecule has 0 spiro atoms. The van der Waals surface area contributed by atoms with E-state index in [-0.39, 0.29) is 17.9 Å². The molecule has 6 heteroatoms. The molecule has 0 aliphatic heterocycles. The SMILES string of the molecule is O=C(NC[C@@H]1CCC[C@@H]1O)c1cn(Cc2ccccc2)nn1. The first kappa shape index (κ1) is 14.7. The van der Waals surface area contributed by atoms with Gasteiger partial charge < -0.3 is 10.4 Å². The highest BCUT2D eigenvalue weighted by molar-refractivity contribution is 5.91. The normalized spacial score (nSPS) is 21.0. The van der Waals surface area contributed by atoms with Crippen molar-refractivity contribution in [2.24, 2.45) is 5.92 Å². The molecule has 1 fully saturated rings. The summed E-state index contributed by atoms with van der Waals surface area (Å²) in [5.41, 5.74) is 1.41. The van der Waals surface area contributed by atoms with Gasteiger partial charge in [-0.05, 0) is 18.4 Å². The van der Waals surface area contributed by atoms with Crippen molar-refractivity contribution in [1.29, 1.82) is 0 Å². The summed E-state index contributed by atoms with van der Waals surface area (Å²) in [6.07, 6.45) is 4.16. The summed E-state index contributed by atoms with van der Waals surface area (Å²) < 4.78 is 1.65. The average Bonchev–Trinajstić information content (AvgIpc) is 3.15. The molecule has 22 heavy (non-hydrogen) atoms. The Hall–Kier alpha value is -2.21. The number of amides is 1. The molecule has 2 atom stereocenters. The van der Waals surface area contributed by atoms with Crippen LogP contribution in [0, 0.1) is 5.92 Å². The third-order valence-corrected chi connectivity index (χ3v) is 4.10. The van der Waals surface area contributed by atoms with Gasteiger partial charge in [-0.15, -0.1) is 5.10 Å². The zero-order chi connectivity index (χ0) is 15.4. The summed E-state index contributed by atoms with van der Waals surface area (Å²) in [6, 6.07) is 9.90. The maximum atomic E-state index is 12.1. The van der Waals surface area contributed by atoms with Gasteiger partial charge in [0.2, 0.25) is 0 Å². The van der Waals surface area contributed by atoms with Crippen LogP contribution in [0.4, 0.5) is 0 Å². The predicted octanol–water partition coefficient (Wildman–Crippen LogP) is 1.22. The van der Waals surface area contributed by atoms with E-state index >= 15 is 0 Å². The van der Waals surface area contributed by atoms with E-state index in [1.807, 2.05) is 30.3 Å². The summed E-state index contributed by atoms with van der Waals surface area (Å²) in [5, 5.41) is 20.5. The molecular formula is C16H20N4O2. The van der Waals surface area contributed by atoms with Crippen LogP contribution in [0.15, 0.2) is 36.5 Å². The van der Waals surface area contributed by atoms with Gasteiger partial charge in [0.25, 0.3) is 5.91 Å². The Labute approximate surface area is 129 Å². The molecule has 1 aromatic carbocycles. The largest absolute Gasteiger partial charge is 0.393 e. The molecule has 0 bridgehead atoms. The maximum Gasteiger partial charge on any atom is 0.273 e. The van der Waals surface area contributed by atoms with Gasteiger partial charge in [-0.25, -0.2) is 4.68 Å². The average molecular weight is 300 g/mol. The van der Waals surface area contributed by atoms with Crippen molar-refractivity contribution >= 4 is 5.91 Å². The Balaban J connectivity index is 1.55. The van der Waals surface area contributed by atoms with Crippen LogP contribution >= 0.6 is 0 Å². The Morgan fingerprint density at radius 1 is 1.32 bits per heavy atom. The van der Waals surface area contributed by atoms with Crippen molar-refractivity contribution in [3.05, 3.63) is 47.8 Å². The van der Waals surface area contributed by atoms with Crippen molar-refractivity contribution in [1.82, 2.24) is 20.3 Å². The summed E-state index contributed by atoms with van der Waals surface area (Å²) >= 11 is 0. The summed E-state index contributed by atoms with van der Waals surface area (Å²) in [5.74, 6) is -0.0817. The fourth-order valence-corrected chi connectivity index (χ4v) is 2.82. The van der Waals surface area contributed by atoms with Crippen LogP contribution < -0.4 is 5.32 Å². The Bertz CT molecular complexity index is 626. The van der Waals surface area contributed by atoms with Gasteiger partial charge in [-0.3, -0.25) is 4.79 Å². The van der Waals surface area contributed by atoms with Gasteiger partial charge in [-0.1, -0.05) is 42.0 Å². The van der Waals surface area contributed by atoms with Crippen LogP contribution in [0.1, 0.15) is 35.3 Å². The third kappa shape index (κ3) is 3.51. The molecule has 116 valence electrons. The number of aromatic nitrogens is 3. The first-order valence-electron chi connectivity index (χ1n) is 7.62. The van der Waals surface area contributed by atoms with Crippen molar-refractivity contribution < 1.29 is 9.90 Å². The lowest BCUT2D eigenvalue weighted by Crippen LogP contribution is -2.32. The van der Waals surface area contributed by atoms with Gasteiger partial charge in [0.1, 0.15) is 0 Å². The van der Waals surface area contributed by atoms with Gasteiger partial charge in [0.05, 0.1) is 18.8 Å². The number of carbonyl (C=O) groups excluding carboxylic acids is 1. The predicted molar refractivity (Wildman–Crippen MR) is 81.2 cm³/mol. The lowest BCUT2D eigenvalue weighted by Gasteiger charge is -2.14. The summed E-state index contributed by atoms with van der Waals surface area (Å²) in [6.45, 7) is 1.08. The molecule has 1 aliphatic carbocycles. The second kappa shape index (κ2) is 6.70. The first-order valence-corrected chi connectivity index (χ1v) is 7.62. The fraction of sp³-hybridized carbons (Fsp3) is 0.438. The van der Waals surface area contributed by atoms with Crippen LogP contribution in [0.2, 0.25) is 0 Å². The van der Waals surface area contributed by atoms with E-state index in [0.29, 0.717) is 18.8 Å². The molecule has 0 unspecified atom stereocenters. The van der Waals surface area contributed by atoms with E-state index < -0.39 is 0 Å². The van der Waals surface area contributed by atoms with Gasteiger partial charge >= 0.3 is 0 Å². The summed E-state index contributed by atoms with van der Waals surface area (Å²) in [4.78, 5) is 12.1. The number of carbonyl (C=O) groups is 1. The second-order valence-corrected chi connectivity index (χ2v) is 5.76. The second-order valence-electron chi connectivity index (χ2n) is 5.76. The van der Waals surface area contributed by atoms with Gasteiger partial charge in [0, 0.05) is 12.5 Å². The van der Waals surface area contributed by atoms with Crippen LogP contribution in [0.5, 0.6) is 0 Å². The minimum atomic E-state index is -0.297. The smallest absolute Gasteiger partial charge is 0.273 e. The number of benzene rings is 1. The molecule has 2 N–H and O–H groups in total. The number of hydrogen-bond donors (Lipinski definition) is 2. The molecule has 1 aromatic heterocycles. The molecule has 3 rings (SSSR count). The molecule has 2 aromatic rings. The van der Waals surface area contributed by atoms with Crippen molar-refractivity contribution in [3.8, 4) is 0 Å². The molecule has 6 nitrogen and oxygen atoms in total. The highest BCUT2D eigenvalue weighted by Crippen LogP contribution is 2.24. The summed E-state index contributed by atoms with van der Waals surface area (Å²) in [7, 11) is 0. The van der Waals surface area contributed by atoms with E-state index in [1.54, 1.807) is 10.9 Å². The minimum absolute atomic E-state index is 0.156. The van der Waals surface area contributed by atoms with Crippen LogP contribution in [-0.2, 0) is 6.54 Å². The maximum absolute atomic E-state index is 12.1. The van der Waals surface area contributed by atoms with Crippen molar-refractivity contribution in [2.75, 3.05) is 6.54 Å². The topological polar surface area (TPSA) is 80.0 Å². The Morgan fingerprint density at radius 3 is 2.86 bits per heavy atom. The van der Waals surface area contributed by atoms with Crippen LogP contribution in [0.3, 0.4) is 0 Å². The number of rotatable bonds is 5. The van der Waals surface area contributed by atoms with Crippen LogP contribution in [0.25, 0.3) is 0 Å². The number of hydrogen-bond acceptors (Lipinski definition) is 4. The number of nitrogens with one attached hydrogen (secondary N) is 1. The lowest BCUT2D eigenvalue weighted by atomic mass is 10.1. The molecule has 1 heterocycles. The number of aliphatic hydroxyl groups is 1. The van der Waals surface area contributed by atoms with Gasteiger partial charge in [0.15, 0.2) is 5.69 Å². The van der Waals surface area contributed by atoms with E-state index in [0.717, 1.165) is 24.8 Å².